The molecule has 0 aliphatic heterocycles. The van der Waals surface area contributed by atoms with E-state index < -0.39 is 0 Å². The van der Waals surface area contributed by atoms with Crippen LogP contribution in [0.2, 0.25) is 0 Å². The molecule has 0 radical (unpaired) electrons. The lowest BCUT2D eigenvalue weighted by Gasteiger charge is -2.27. The summed E-state index contributed by atoms with van der Waals surface area (Å²) in [6.45, 7) is 17.2. The number of para-hydroxylation sites is 2. The van der Waals surface area contributed by atoms with E-state index in [4.69, 9.17) is 9.98 Å². The molecule has 0 fully saturated rings. The largest absolute Gasteiger partial charge is 0.507 e. The molecule has 0 bridgehead atoms. The van der Waals surface area contributed by atoms with Crippen molar-refractivity contribution in [3.8, 4) is 27.4 Å². The molecule has 0 spiro atoms. The number of hydrogen-bond acceptors (Lipinski definition) is 4. The fraction of sp³-hybridized carbons (Fsp3) is 0.278. The first-order chi connectivity index (χ1) is 18.8. The van der Waals surface area contributed by atoms with E-state index in [1.807, 2.05) is 18.2 Å². The normalized spacial score (nSPS) is 12.5. The zero-order chi connectivity index (χ0) is 28.8. The Hall–Kier alpha value is -3.76. The van der Waals surface area contributed by atoms with Gasteiger partial charge < -0.3 is 5.11 Å². The second kappa shape index (κ2) is 10.3. The Kier molecular flexibility index (Phi) is 7.18. The first kappa shape index (κ1) is 27.8. The second-order valence-corrected chi connectivity index (χ2v) is 13.8. The van der Waals surface area contributed by atoms with Gasteiger partial charge in [0, 0.05) is 28.5 Å². The van der Waals surface area contributed by atoms with Crippen LogP contribution in [0.15, 0.2) is 77.8 Å². The highest BCUT2D eigenvalue weighted by Gasteiger charge is 2.24. The number of fused-ring (bicyclic) bond motifs is 1. The van der Waals surface area contributed by atoms with Crippen LogP contribution in [-0.2, 0) is 10.8 Å². The van der Waals surface area contributed by atoms with Crippen LogP contribution in [0, 0.1) is 13.8 Å². The third-order valence-electron chi connectivity index (χ3n) is 7.24. The number of benzene rings is 4. The molecule has 4 heteroatoms. The van der Waals surface area contributed by atoms with Crippen molar-refractivity contribution in [2.45, 2.75) is 66.2 Å². The van der Waals surface area contributed by atoms with Gasteiger partial charge >= 0.3 is 0 Å². The monoisotopic (exact) mass is 546 g/mol. The van der Waals surface area contributed by atoms with Crippen LogP contribution < -0.4 is 0 Å². The number of thiazole rings is 1. The van der Waals surface area contributed by atoms with E-state index in [2.05, 4.69) is 110 Å². The minimum Gasteiger partial charge on any atom is -0.507 e. The molecule has 0 saturated carbocycles. The van der Waals surface area contributed by atoms with Crippen molar-refractivity contribution < 1.29 is 5.11 Å². The molecule has 1 aromatic heterocycles. The molecule has 0 aliphatic rings. The Balaban J connectivity index is 1.60. The van der Waals surface area contributed by atoms with Crippen LogP contribution in [0.25, 0.3) is 31.9 Å². The standard InChI is InChI=1S/C36H38N2OS/c1-22-16-23(2)18-24(17-22)27-13-11-15-31-32(27)38-34(40-31)28-12-9-10-14-30(28)37-21-25-19-26(35(3,4)5)20-29(33(25)39)36(6,7)8/h9-21,39H,1-8H3. The summed E-state index contributed by atoms with van der Waals surface area (Å²) in [5.41, 5.74) is 10.2. The number of nitrogens with zero attached hydrogens (tertiary/aromatic N) is 2. The summed E-state index contributed by atoms with van der Waals surface area (Å²) < 4.78 is 1.15. The maximum atomic E-state index is 11.3. The molecule has 5 rings (SSSR count). The van der Waals surface area contributed by atoms with Gasteiger partial charge in [-0.2, -0.15) is 0 Å². The number of phenols is 1. The first-order valence-electron chi connectivity index (χ1n) is 13.8. The molecule has 5 aromatic rings. The molecule has 1 N–H and O–H groups in total. The van der Waals surface area contributed by atoms with Crippen molar-refractivity contribution in [1.82, 2.24) is 4.98 Å². The average Bonchev–Trinajstić information content (AvgIpc) is 3.30. The lowest BCUT2D eigenvalue weighted by Crippen LogP contribution is -2.17. The number of rotatable bonds is 4. The molecule has 0 saturated heterocycles. The van der Waals surface area contributed by atoms with E-state index in [1.54, 1.807) is 17.6 Å². The lowest BCUT2D eigenvalue weighted by molar-refractivity contribution is 0.444. The van der Waals surface area contributed by atoms with Crippen LogP contribution in [0.5, 0.6) is 5.75 Å². The lowest BCUT2D eigenvalue weighted by atomic mass is 9.79. The van der Waals surface area contributed by atoms with E-state index in [1.165, 1.54) is 22.3 Å². The van der Waals surface area contributed by atoms with Crippen molar-refractivity contribution in [3.63, 3.8) is 0 Å². The molecule has 0 atom stereocenters. The minimum atomic E-state index is -0.194. The van der Waals surface area contributed by atoms with Gasteiger partial charge in [0.2, 0.25) is 0 Å². The topological polar surface area (TPSA) is 45.5 Å². The summed E-state index contributed by atoms with van der Waals surface area (Å²) in [5, 5.41) is 12.2. The Morgan fingerprint density at radius 1 is 0.775 bits per heavy atom. The summed E-state index contributed by atoms with van der Waals surface area (Å²) in [5.74, 6) is 0.291. The van der Waals surface area contributed by atoms with E-state index in [-0.39, 0.29) is 10.8 Å². The van der Waals surface area contributed by atoms with Crippen LogP contribution in [0.4, 0.5) is 5.69 Å². The first-order valence-corrected chi connectivity index (χ1v) is 14.6. The van der Waals surface area contributed by atoms with Crippen LogP contribution in [0.1, 0.15) is 69.4 Å². The molecule has 0 amide bonds. The highest BCUT2D eigenvalue weighted by Crippen LogP contribution is 2.40. The molecule has 4 aromatic carbocycles. The molecule has 204 valence electrons. The molecular formula is C36H38N2OS. The highest BCUT2D eigenvalue weighted by molar-refractivity contribution is 7.21. The van der Waals surface area contributed by atoms with Gasteiger partial charge in [0.05, 0.1) is 15.9 Å². The maximum absolute atomic E-state index is 11.3. The summed E-state index contributed by atoms with van der Waals surface area (Å²) in [6.07, 6.45) is 1.80. The Bertz CT molecular complexity index is 1730. The van der Waals surface area contributed by atoms with Gasteiger partial charge in [0.1, 0.15) is 10.8 Å². The number of hydrogen-bond donors (Lipinski definition) is 1. The fourth-order valence-corrected chi connectivity index (χ4v) is 6.12. The fourth-order valence-electron chi connectivity index (χ4n) is 5.09. The van der Waals surface area contributed by atoms with Gasteiger partial charge in [-0.05, 0) is 60.1 Å². The Morgan fingerprint density at radius 3 is 2.12 bits per heavy atom. The molecule has 1 heterocycles. The van der Waals surface area contributed by atoms with Crippen LogP contribution >= 0.6 is 11.3 Å². The van der Waals surface area contributed by atoms with E-state index >= 15 is 0 Å². The Labute approximate surface area is 242 Å². The van der Waals surface area contributed by atoms with Gasteiger partial charge in [-0.3, -0.25) is 4.99 Å². The molecule has 0 aliphatic carbocycles. The summed E-state index contributed by atoms with van der Waals surface area (Å²) in [7, 11) is 0. The third kappa shape index (κ3) is 5.59. The third-order valence-corrected chi connectivity index (χ3v) is 8.30. The summed E-state index contributed by atoms with van der Waals surface area (Å²) >= 11 is 1.68. The summed E-state index contributed by atoms with van der Waals surface area (Å²) in [6, 6.07) is 25.4. The number of aromatic nitrogens is 1. The molecule has 0 unspecified atom stereocenters. The average molecular weight is 547 g/mol. The van der Waals surface area contributed by atoms with Crippen molar-refractivity contribution >= 4 is 33.5 Å². The minimum absolute atomic E-state index is 0.0528. The van der Waals surface area contributed by atoms with Gasteiger partial charge in [-0.15, -0.1) is 11.3 Å². The van der Waals surface area contributed by atoms with Gasteiger partial charge in [-0.1, -0.05) is 101 Å². The SMILES string of the molecule is Cc1cc(C)cc(-c2cccc3sc(-c4ccccc4N=Cc4cc(C(C)(C)C)cc(C(C)(C)C)c4O)nc23)c1. The number of phenolic OH excluding ortho intramolecular Hbond substituents is 1. The predicted molar refractivity (Wildman–Crippen MR) is 173 cm³/mol. The van der Waals surface area contributed by atoms with Crippen molar-refractivity contribution in [2.24, 2.45) is 4.99 Å². The van der Waals surface area contributed by atoms with Crippen molar-refractivity contribution in [1.29, 1.82) is 0 Å². The predicted octanol–water partition coefficient (Wildman–Crippen LogP) is 10.3. The van der Waals surface area contributed by atoms with Crippen LogP contribution in [-0.4, -0.2) is 16.3 Å². The number of aliphatic imine (C=N–C) groups is 1. The maximum Gasteiger partial charge on any atom is 0.128 e. The summed E-state index contributed by atoms with van der Waals surface area (Å²) in [4.78, 5) is 10.1. The molecular weight excluding hydrogens is 508 g/mol. The van der Waals surface area contributed by atoms with Gasteiger partial charge in [0.15, 0.2) is 0 Å². The van der Waals surface area contributed by atoms with Crippen molar-refractivity contribution in [2.75, 3.05) is 0 Å². The second-order valence-electron chi connectivity index (χ2n) is 12.8. The van der Waals surface area contributed by atoms with Gasteiger partial charge in [0.25, 0.3) is 0 Å². The number of aryl methyl sites for hydroxylation is 2. The smallest absolute Gasteiger partial charge is 0.128 e. The van der Waals surface area contributed by atoms with E-state index in [9.17, 15) is 5.11 Å². The highest BCUT2D eigenvalue weighted by atomic mass is 32.1. The van der Waals surface area contributed by atoms with Crippen molar-refractivity contribution in [3.05, 3.63) is 101 Å². The number of aromatic hydroxyl groups is 1. The van der Waals surface area contributed by atoms with E-state index in [0.29, 0.717) is 5.75 Å². The van der Waals surface area contributed by atoms with E-state index in [0.717, 1.165) is 43.2 Å². The molecule has 40 heavy (non-hydrogen) atoms. The van der Waals surface area contributed by atoms with Gasteiger partial charge in [-0.25, -0.2) is 4.98 Å². The Morgan fingerprint density at radius 2 is 1.45 bits per heavy atom. The molecule has 3 nitrogen and oxygen atoms in total. The quantitative estimate of drug-likeness (QED) is 0.228. The zero-order valence-electron chi connectivity index (χ0n) is 24.8. The zero-order valence-corrected chi connectivity index (χ0v) is 25.6. The van der Waals surface area contributed by atoms with Crippen LogP contribution in [0.3, 0.4) is 0 Å².